The van der Waals surface area contributed by atoms with Crippen LogP contribution in [0.3, 0.4) is 0 Å². The number of piperidine rings is 1. The number of rotatable bonds is 5. The second-order valence-electron chi connectivity index (χ2n) is 4.70. The van der Waals surface area contributed by atoms with Gasteiger partial charge in [-0.1, -0.05) is 6.92 Å². The molecule has 4 heteroatoms. The van der Waals surface area contributed by atoms with E-state index in [0.29, 0.717) is 12.5 Å². The maximum absolute atomic E-state index is 12.0. The van der Waals surface area contributed by atoms with Crippen LogP contribution in [-0.4, -0.2) is 36.2 Å². The monoisotopic (exact) mass is 228 g/mol. The molecule has 0 spiro atoms. The highest BCUT2D eigenvalue weighted by molar-refractivity contribution is 5.79. The second-order valence-corrected chi connectivity index (χ2v) is 4.70. The third-order valence-corrected chi connectivity index (χ3v) is 3.31. The van der Waals surface area contributed by atoms with Crippen molar-refractivity contribution >= 4 is 5.91 Å². The largest absolute Gasteiger partial charge is 0.396 e. The molecular weight excluding hydrogens is 204 g/mol. The maximum Gasteiger partial charge on any atom is 0.223 e. The van der Waals surface area contributed by atoms with Crippen molar-refractivity contribution < 1.29 is 9.90 Å². The molecule has 0 aromatic heterocycles. The van der Waals surface area contributed by atoms with Crippen LogP contribution in [0.1, 0.15) is 39.5 Å². The van der Waals surface area contributed by atoms with Crippen LogP contribution in [0, 0.1) is 5.92 Å². The van der Waals surface area contributed by atoms with Crippen molar-refractivity contribution in [3.05, 3.63) is 0 Å². The fraction of sp³-hybridized carbons (Fsp3) is 0.917. The van der Waals surface area contributed by atoms with Gasteiger partial charge in [0.05, 0.1) is 0 Å². The predicted molar refractivity (Wildman–Crippen MR) is 64.1 cm³/mol. The number of aliphatic hydroxyl groups is 1. The van der Waals surface area contributed by atoms with Gasteiger partial charge in [-0.25, -0.2) is 0 Å². The minimum Gasteiger partial charge on any atom is -0.396 e. The fourth-order valence-corrected chi connectivity index (χ4v) is 2.22. The van der Waals surface area contributed by atoms with Crippen molar-refractivity contribution in [1.82, 2.24) is 10.6 Å². The summed E-state index contributed by atoms with van der Waals surface area (Å²) in [7, 11) is 0. The van der Waals surface area contributed by atoms with Gasteiger partial charge in [-0.15, -0.1) is 0 Å². The van der Waals surface area contributed by atoms with E-state index in [0.717, 1.165) is 25.8 Å². The number of carbonyl (C=O) groups excluding carboxylic acids is 1. The Kier molecular flexibility index (Phi) is 5.77. The average molecular weight is 228 g/mol. The average Bonchev–Trinajstić information content (AvgIpc) is 2.28. The number of carbonyl (C=O) groups is 1. The van der Waals surface area contributed by atoms with Gasteiger partial charge in [-0.05, 0) is 39.2 Å². The summed E-state index contributed by atoms with van der Waals surface area (Å²) in [4.78, 5) is 12.0. The van der Waals surface area contributed by atoms with Crippen LogP contribution < -0.4 is 10.6 Å². The third-order valence-electron chi connectivity index (χ3n) is 3.31. The lowest BCUT2D eigenvalue weighted by atomic mass is 9.92. The molecular formula is C12H24N2O2. The zero-order valence-corrected chi connectivity index (χ0v) is 10.3. The number of hydrogen-bond acceptors (Lipinski definition) is 3. The van der Waals surface area contributed by atoms with Gasteiger partial charge >= 0.3 is 0 Å². The summed E-state index contributed by atoms with van der Waals surface area (Å²) in [6.07, 6.45) is 3.38. The van der Waals surface area contributed by atoms with Gasteiger partial charge in [-0.2, -0.15) is 0 Å². The third kappa shape index (κ3) is 4.10. The van der Waals surface area contributed by atoms with E-state index in [1.807, 2.05) is 6.92 Å². The standard InChI is InChI=1S/C12H24N2O2/c1-3-11(5-7-15)14-12(16)10-4-6-13-9(2)8-10/h9-11,13,15H,3-8H2,1-2H3,(H,14,16)/t9-,10-,11?/m0/s1. The Bertz CT molecular complexity index is 221. The lowest BCUT2D eigenvalue weighted by Crippen LogP contribution is -2.45. The molecule has 0 radical (unpaired) electrons. The van der Waals surface area contributed by atoms with E-state index in [1.54, 1.807) is 0 Å². The maximum atomic E-state index is 12.0. The summed E-state index contributed by atoms with van der Waals surface area (Å²) in [6, 6.07) is 0.560. The molecule has 1 fully saturated rings. The summed E-state index contributed by atoms with van der Waals surface area (Å²) < 4.78 is 0. The van der Waals surface area contributed by atoms with Crippen molar-refractivity contribution in [2.45, 2.75) is 51.6 Å². The summed E-state index contributed by atoms with van der Waals surface area (Å²) in [5.74, 6) is 0.303. The normalized spacial score (nSPS) is 27.4. The lowest BCUT2D eigenvalue weighted by Gasteiger charge is -2.28. The minimum absolute atomic E-state index is 0.127. The molecule has 1 heterocycles. The Morgan fingerprint density at radius 2 is 2.38 bits per heavy atom. The number of nitrogens with one attached hydrogen (secondary N) is 2. The molecule has 3 N–H and O–H groups in total. The van der Waals surface area contributed by atoms with E-state index in [9.17, 15) is 4.79 Å². The highest BCUT2D eigenvalue weighted by atomic mass is 16.3. The first kappa shape index (κ1) is 13.5. The molecule has 4 nitrogen and oxygen atoms in total. The molecule has 0 saturated carbocycles. The molecule has 1 amide bonds. The number of hydrogen-bond donors (Lipinski definition) is 3. The van der Waals surface area contributed by atoms with Crippen LogP contribution in [-0.2, 0) is 4.79 Å². The zero-order valence-electron chi connectivity index (χ0n) is 10.3. The quantitative estimate of drug-likeness (QED) is 0.647. The number of aliphatic hydroxyl groups excluding tert-OH is 1. The smallest absolute Gasteiger partial charge is 0.223 e. The highest BCUT2D eigenvalue weighted by Crippen LogP contribution is 2.16. The van der Waals surface area contributed by atoms with Crippen LogP contribution in [0.2, 0.25) is 0 Å². The van der Waals surface area contributed by atoms with E-state index in [2.05, 4.69) is 17.6 Å². The summed E-state index contributed by atoms with van der Waals surface area (Å²) in [5, 5.41) is 15.2. The molecule has 0 aromatic rings. The van der Waals surface area contributed by atoms with Crippen molar-refractivity contribution in [2.24, 2.45) is 5.92 Å². The van der Waals surface area contributed by atoms with Crippen molar-refractivity contribution in [3.63, 3.8) is 0 Å². The van der Waals surface area contributed by atoms with Crippen LogP contribution in [0.25, 0.3) is 0 Å². The van der Waals surface area contributed by atoms with Crippen molar-refractivity contribution in [1.29, 1.82) is 0 Å². The molecule has 1 rings (SSSR count). The Morgan fingerprint density at radius 3 is 2.94 bits per heavy atom. The fourth-order valence-electron chi connectivity index (χ4n) is 2.22. The first-order chi connectivity index (χ1) is 7.67. The Labute approximate surface area is 97.8 Å². The van der Waals surface area contributed by atoms with Gasteiger partial charge in [-0.3, -0.25) is 4.79 Å². The van der Waals surface area contributed by atoms with Crippen LogP contribution >= 0.6 is 0 Å². The Morgan fingerprint density at radius 1 is 1.62 bits per heavy atom. The van der Waals surface area contributed by atoms with Gasteiger partial charge < -0.3 is 15.7 Å². The Balaban J connectivity index is 2.37. The van der Waals surface area contributed by atoms with Gasteiger partial charge in [0.25, 0.3) is 0 Å². The van der Waals surface area contributed by atoms with E-state index in [1.165, 1.54) is 0 Å². The van der Waals surface area contributed by atoms with Gasteiger partial charge in [0.15, 0.2) is 0 Å². The summed E-state index contributed by atoms with van der Waals surface area (Å²) >= 11 is 0. The first-order valence-corrected chi connectivity index (χ1v) is 6.32. The van der Waals surface area contributed by atoms with E-state index in [4.69, 9.17) is 5.11 Å². The second kappa shape index (κ2) is 6.86. The molecule has 16 heavy (non-hydrogen) atoms. The SMILES string of the molecule is CCC(CCO)NC(=O)[C@H]1CCN[C@@H](C)C1. The van der Waals surface area contributed by atoms with E-state index in [-0.39, 0.29) is 24.5 Å². The summed E-state index contributed by atoms with van der Waals surface area (Å²) in [6.45, 7) is 5.22. The highest BCUT2D eigenvalue weighted by Gasteiger charge is 2.25. The first-order valence-electron chi connectivity index (χ1n) is 6.32. The van der Waals surface area contributed by atoms with Crippen LogP contribution in [0.5, 0.6) is 0 Å². The Hall–Kier alpha value is -0.610. The van der Waals surface area contributed by atoms with Gasteiger partial charge in [0, 0.05) is 24.6 Å². The lowest BCUT2D eigenvalue weighted by molar-refractivity contribution is -0.126. The molecule has 1 unspecified atom stereocenters. The van der Waals surface area contributed by atoms with Crippen LogP contribution in [0.15, 0.2) is 0 Å². The van der Waals surface area contributed by atoms with Crippen molar-refractivity contribution in [3.8, 4) is 0 Å². The molecule has 1 aliphatic rings. The molecule has 0 bridgehead atoms. The predicted octanol–water partition coefficient (Wildman–Crippen LogP) is 0.652. The molecule has 0 aromatic carbocycles. The molecule has 0 aliphatic carbocycles. The molecule has 1 saturated heterocycles. The van der Waals surface area contributed by atoms with E-state index >= 15 is 0 Å². The van der Waals surface area contributed by atoms with Crippen molar-refractivity contribution in [2.75, 3.05) is 13.2 Å². The topological polar surface area (TPSA) is 61.4 Å². The molecule has 94 valence electrons. The number of amides is 1. The zero-order chi connectivity index (χ0) is 12.0. The van der Waals surface area contributed by atoms with E-state index < -0.39 is 0 Å². The van der Waals surface area contributed by atoms with Crippen LogP contribution in [0.4, 0.5) is 0 Å². The van der Waals surface area contributed by atoms with Gasteiger partial charge in [0.1, 0.15) is 0 Å². The molecule has 3 atom stereocenters. The molecule has 1 aliphatic heterocycles. The minimum atomic E-state index is 0.127. The van der Waals surface area contributed by atoms with Gasteiger partial charge in [0.2, 0.25) is 5.91 Å². The summed E-state index contributed by atoms with van der Waals surface area (Å²) in [5.41, 5.74) is 0.